The highest BCUT2D eigenvalue weighted by Gasteiger charge is 2.43. The van der Waals surface area contributed by atoms with Crippen LogP contribution >= 0.6 is 0 Å². The lowest BCUT2D eigenvalue weighted by atomic mass is 9.88. The Bertz CT molecular complexity index is 730. The Balaban J connectivity index is 1.19. The van der Waals surface area contributed by atoms with Crippen molar-refractivity contribution in [3.8, 4) is 0 Å². The Kier molecular flexibility index (Phi) is 7.84. The number of unbranched alkanes of at least 4 members (excludes halogenated alkanes) is 1. The predicted molar refractivity (Wildman–Crippen MR) is 127 cm³/mol. The molecule has 2 aliphatic carbocycles. The normalized spacial score (nSPS) is 29.5. The van der Waals surface area contributed by atoms with Crippen LogP contribution in [-0.2, 0) is 6.42 Å². The van der Waals surface area contributed by atoms with Crippen LogP contribution in [0.1, 0.15) is 68.9 Å². The minimum atomic E-state index is -0.146. The molecule has 0 spiro atoms. The number of aliphatic hydroxyl groups excluding tert-OH is 1. The van der Waals surface area contributed by atoms with Crippen LogP contribution in [0.3, 0.4) is 0 Å². The summed E-state index contributed by atoms with van der Waals surface area (Å²) in [5.74, 6) is 1.62. The van der Waals surface area contributed by atoms with Crippen molar-refractivity contribution in [3.63, 3.8) is 0 Å². The molecule has 0 radical (unpaired) electrons. The van der Waals surface area contributed by atoms with Crippen molar-refractivity contribution in [1.82, 2.24) is 4.90 Å². The fourth-order valence-corrected chi connectivity index (χ4v) is 6.03. The summed E-state index contributed by atoms with van der Waals surface area (Å²) in [6.45, 7) is 6.10. The number of aryl methyl sites for hydroxylation is 2. The molecule has 2 nitrogen and oxygen atoms in total. The van der Waals surface area contributed by atoms with Gasteiger partial charge in [0.25, 0.3) is 0 Å². The first-order valence-electron chi connectivity index (χ1n) is 12.5. The summed E-state index contributed by atoms with van der Waals surface area (Å²) in [5, 5.41) is 10.6. The van der Waals surface area contributed by atoms with Crippen LogP contribution in [0.2, 0.25) is 0 Å². The van der Waals surface area contributed by atoms with Crippen LogP contribution in [0.5, 0.6) is 0 Å². The first-order chi connectivity index (χ1) is 14.7. The van der Waals surface area contributed by atoms with Crippen LogP contribution in [0.4, 0.5) is 0 Å². The number of benzene rings is 1. The van der Waals surface area contributed by atoms with Gasteiger partial charge < -0.3 is 10.0 Å². The molecule has 1 N–H and O–H groups in total. The van der Waals surface area contributed by atoms with E-state index in [1.165, 1.54) is 75.7 Å². The van der Waals surface area contributed by atoms with Crippen LogP contribution in [0, 0.1) is 24.7 Å². The molecule has 30 heavy (non-hydrogen) atoms. The first-order valence-corrected chi connectivity index (χ1v) is 12.5. The van der Waals surface area contributed by atoms with E-state index in [-0.39, 0.29) is 6.10 Å². The monoisotopic (exact) mass is 407 g/mol. The van der Waals surface area contributed by atoms with Gasteiger partial charge in [-0.1, -0.05) is 60.1 Å². The third-order valence-electron chi connectivity index (χ3n) is 7.66. The van der Waals surface area contributed by atoms with Gasteiger partial charge in [-0.25, -0.2) is 0 Å². The largest absolute Gasteiger partial charge is 0.392 e. The highest BCUT2D eigenvalue weighted by Crippen LogP contribution is 2.48. The van der Waals surface area contributed by atoms with Crippen molar-refractivity contribution < 1.29 is 5.11 Å². The van der Waals surface area contributed by atoms with Gasteiger partial charge in [0.05, 0.1) is 6.10 Å². The maximum Gasteiger partial charge on any atom is 0.0611 e. The van der Waals surface area contributed by atoms with Gasteiger partial charge in [-0.05, 0) is 102 Å². The van der Waals surface area contributed by atoms with Gasteiger partial charge in [0.1, 0.15) is 0 Å². The van der Waals surface area contributed by atoms with Gasteiger partial charge in [-0.2, -0.15) is 0 Å². The molecular weight excluding hydrogens is 366 g/mol. The highest BCUT2D eigenvalue weighted by atomic mass is 16.3. The molecule has 1 aromatic rings. The van der Waals surface area contributed by atoms with E-state index in [4.69, 9.17) is 0 Å². The van der Waals surface area contributed by atoms with Crippen molar-refractivity contribution in [3.05, 3.63) is 59.2 Å². The first kappa shape index (κ1) is 21.8. The van der Waals surface area contributed by atoms with Crippen molar-refractivity contribution >= 4 is 0 Å². The molecule has 1 heterocycles. The maximum absolute atomic E-state index is 10.6. The van der Waals surface area contributed by atoms with Gasteiger partial charge in [0.2, 0.25) is 0 Å². The van der Waals surface area contributed by atoms with Crippen molar-refractivity contribution in [2.45, 2.75) is 77.2 Å². The number of hydrogen-bond donors (Lipinski definition) is 1. The van der Waals surface area contributed by atoms with Crippen molar-refractivity contribution in [2.75, 3.05) is 19.6 Å². The smallest absolute Gasteiger partial charge is 0.0611 e. The lowest BCUT2D eigenvalue weighted by molar-refractivity contribution is 0.141. The zero-order valence-electron chi connectivity index (χ0n) is 18.9. The fraction of sp³-hybridized carbons (Fsp3) is 0.643. The standard InChI is InChI=1S/C28H41NO/c1-22-10-9-13-23(18-22)11-3-4-14-26-27-20-24(19-25(27)21-28(26)30)12-5-8-17-29-15-6-2-7-16-29/h4,9-10,13-14,18-19,25-28,30H,2-3,5-8,11-12,15-17,20-21H2,1H3/b14-4+/t25-,26+,27-,28+/m0/s1. The second kappa shape index (κ2) is 10.8. The van der Waals surface area contributed by atoms with E-state index in [1.807, 2.05) is 0 Å². The number of fused-ring (bicyclic) bond motifs is 1. The molecule has 4 atom stereocenters. The maximum atomic E-state index is 10.6. The molecule has 1 aliphatic heterocycles. The zero-order chi connectivity index (χ0) is 20.8. The third kappa shape index (κ3) is 5.86. The summed E-state index contributed by atoms with van der Waals surface area (Å²) in [7, 11) is 0. The molecule has 164 valence electrons. The topological polar surface area (TPSA) is 23.5 Å². The number of allylic oxidation sites excluding steroid dienone is 3. The molecule has 2 heteroatoms. The van der Waals surface area contributed by atoms with Crippen LogP contribution < -0.4 is 0 Å². The van der Waals surface area contributed by atoms with Crippen molar-refractivity contribution in [2.24, 2.45) is 17.8 Å². The van der Waals surface area contributed by atoms with E-state index < -0.39 is 0 Å². The van der Waals surface area contributed by atoms with E-state index in [1.54, 1.807) is 5.57 Å². The predicted octanol–water partition coefficient (Wildman–Crippen LogP) is 6.08. The summed E-state index contributed by atoms with van der Waals surface area (Å²) in [4.78, 5) is 2.66. The van der Waals surface area contributed by atoms with E-state index in [0.717, 1.165) is 19.3 Å². The Morgan fingerprint density at radius 2 is 1.97 bits per heavy atom. The Morgan fingerprint density at radius 1 is 1.10 bits per heavy atom. The number of piperidine rings is 1. The quantitative estimate of drug-likeness (QED) is 0.396. The number of likely N-dealkylation sites (tertiary alicyclic amines) is 1. The molecule has 1 saturated carbocycles. The van der Waals surface area contributed by atoms with Gasteiger partial charge in [0, 0.05) is 5.92 Å². The van der Waals surface area contributed by atoms with E-state index in [9.17, 15) is 5.11 Å². The van der Waals surface area contributed by atoms with Crippen LogP contribution in [-0.4, -0.2) is 35.7 Å². The Labute approximate surface area is 184 Å². The lowest BCUT2D eigenvalue weighted by Crippen LogP contribution is -2.30. The summed E-state index contributed by atoms with van der Waals surface area (Å²) in [6.07, 6.45) is 19.6. The zero-order valence-corrected chi connectivity index (χ0v) is 18.9. The van der Waals surface area contributed by atoms with Gasteiger partial charge in [-0.15, -0.1) is 0 Å². The SMILES string of the molecule is Cc1cccc(CC/C=C/[C@@H]2[C@H]3CC(CCCCN4CCCCC4)=C[C@H]3C[C@H]2O)c1. The summed E-state index contributed by atoms with van der Waals surface area (Å²) in [5.41, 5.74) is 4.43. The van der Waals surface area contributed by atoms with Gasteiger partial charge in [0.15, 0.2) is 0 Å². The lowest BCUT2D eigenvalue weighted by Gasteiger charge is -2.26. The molecule has 0 unspecified atom stereocenters. The van der Waals surface area contributed by atoms with Crippen LogP contribution in [0.15, 0.2) is 48.1 Å². The summed E-state index contributed by atoms with van der Waals surface area (Å²) < 4.78 is 0. The Morgan fingerprint density at radius 3 is 2.80 bits per heavy atom. The van der Waals surface area contributed by atoms with Crippen molar-refractivity contribution in [1.29, 1.82) is 0 Å². The molecule has 0 bridgehead atoms. The highest BCUT2D eigenvalue weighted by molar-refractivity contribution is 5.23. The minimum absolute atomic E-state index is 0.146. The molecule has 1 saturated heterocycles. The summed E-state index contributed by atoms with van der Waals surface area (Å²) in [6, 6.07) is 8.82. The molecule has 1 aromatic carbocycles. The van der Waals surface area contributed by atoms with Crippen LogP contribution in [0.25, 0.3) is 0 Å². The Hall–Kier alpha value is -1.38. The third-order valence-corrected chi connectivity index (χ3v) is 7.66. The second-order valence-corrected chi connectivity index (χ2v) is 10.1. The molecular formula is C28H41NO. The van der Waals surface area contributed by atoms with E-state index in [2.05, 4.69) is 54.3 Å². The average Bonchev–Trinajstić information content (AvgIpc) is 3.26. The molecule has 4 rings (SSSR count). The molecule has 0 amide bonds. The van der Waals surface area contributed by atoms with Gasteiger partial charge >= 0.3 is 0 Å². The number of rotatable bonds is 9. The number of nitrogens with zero attached hydrogens (tertiary/aromatic N) is 1. The van der Waals surface area contributed by atoms with E-state index >= 15 is 0 Å². The van der Waals surface area contributed by atoms with Gasteiger partial charge in [-0.3, -0.25) is 0 Å². The fourth-order valence-electron chi connectivity index (χ4n) is 6.03. The molecule has 3 aliphatic rings. The molecule has 2 fully saturated rings. The second-order valence-electron chi connectivity index (χ2n) is 10.1. The average molecular weight is 408 g/mol. The summed E-state index contributed by atoms with van der Waals surface area (Å²) >= 11 is 0. The number of hydrogen-bond acceptors (Lipinski definition) is 2. The number of aliphatic hydroxyl groups is 1. The molecule has 0 aromatic heterocycles. The van der Waals surface area contributed by atoms with E-state index in [0.29, 0.717) is 17.8 Å². The minimum Gasteiger partial charge on any atom is -0.392 e.